The fourth-order valence-electron chi connectivity index (χ4n) is 5.61. The Morgan fingerprint density at radius 3 is 2.39 bits per heavy atom. The van der Waals surface area contributed by atoms with Crippen LogP contribution in [0.1, 0.15) is 46.3 Å². The van der Waals surface area contributed by atoms with E-state index in [9.17, 15) is 14.3 Å². The lowest BCUT2D eigenvalue weighted by Gasteiger charge is -2.27. The molecular weight excluding hydrogens is 521 g/mol. The van der Waals surface area contributed by atoms with Gasteiger partial charge in [0.25, 0.3) is 5.91 Å². The van der Waals surface area contributed by atoms with Gasteiger partial charge < -0.3 is 24.0 Å². The molecule has 1 amide bonds. The summed E-state index contributed by atoms with van der Waals surface area (Å²) in [5, 5.41) is 12.9. The van der Waals surface area contributed by atoms with Crippen molar-refractivity contribution < 1.29 is 23.8 Å². The summed E-state index contributed by atoms with van der Waals surface area (Å²) in [5.41, 5.74) is 3.76. The van der Waals surface area contributed by atoms with Gasteiger partial charge in [-0.2, -0.15) is 0 Å². The van der Waals surface area contributed by atoms with Gasteiger partial charge >= 0.3 is 0 Å². The minimum Gasteiger partial charge on any atom is -0.497 e. The zero-order valence-electron chi connectivity index (χ0n) is 23.2. The molecule has 6 rings (SSSR count). The number of hydrogen-bond donors (Lipinski definition) is 1. The summed E-state index contributed by atoms with van der Waals surface area (Å²) >= 11 is 0. The van der Waals surface area contributed by atoms with Crippen molar-refractivity contribution in [2.45, 2.75) is 32.3 Å². The van der Waals surface area contributed by atoms with Gasteiger partial charge in [-0.05, 0) is 72.7 Å². The molecule has 0 spiro atoms. The lowest BCUT2D eigenvalue weighted by Crippen LogP contribution is -2.35. The zero-order chi connectivity index (χ0) is 28.5. The Morgan fingerprint density at radius 2 is 1.68 bits per heavy atom. The summed E-state index contributed by atoms with van der Waals surface area (Å²) in [6.45, 7) is 1.62. The first kappa shape index (κ1) is 26.6. The number of carbonyl (C=O) groups is 1. The molecule has 8 heteroatoms. The van der Waals surface area contributed by atoms with Crippen molar-refractivity contribution >= 4 is 27.6 Å². The number of aryl methyl sites for hydroxylation is 1. The second-order valence-corrected chi connectivity index (χ2v) is 10.6. The van der Waals surface area contributed by atoms with E-state index in [0.29, 0.717) is 52.5 Å². The number of fused-ring (bicyclic) bond motifs is 2. The second kappa shape index (κ2) is 11.1. The largest absolute Gasteiger partial charge is 0.497 e. The quantitative estimate of drug-likeness (QED) is 0.253. The average Bonchev–Trinajstić information content (AvgIpc) is 3.30. The van der Waals surface area contributed by atoms with Crippen molar-refractivity contribution in [2.75, 3.05) is 20.2 Å². The maximum Gasteiger partial charge on any atom is 0.255 e. The fraction of sp³-hybridized carbons (Fsp3) is 0.273. The molecule has 0 unspecified atom stereocenters. The number of ether oxygens (including phenoxy) is 2. The Hall–Kier alpha value is -4.59. The number of rotatable bonds is 7. The molecule has 2 aromatic heterocycles. The van der Waals surface area contributed by atoms with Crippen LogP contribution in [0.3, 0.4) is 0 Å². The number of likely N-dealkylation sites (tertiary alicyclic amines) is 1. The van der Waals surface area contributed by atoms with Crippen molar-refractivity contribution in [3.8, 4) is 17.4 Å². The van der Waals surface area contributed by atoms with E-state index in [0.717, 1.165) is 41.7 Å². The van der Waals surface area contributed by atoms with Gasteiger partial charge in [-0.25, -0.2) is 4.39 Å². The molecule has 3 aromatic carbocycles. The van der Waals surface area contributed by atoms with E-state index in [1.54, 1.807) is 43.3 Å². The van der Waals surface area contributed by atoms with Crippen LogP contribution in [-0.2, 0) is 20.1 Å². The van der Waals surface area contributed by atoms with Crippen molar-refractivity contribution in [3.63, 3.8) is 0 Å². The van der Waals surface area contributed by atoms with Gasteiger partial charge in [0.1, 0.15) is 23.7 Å². The first-order chi connectivity index (χ1) is 19.9. The normalized spacial score (nSPS) is 13.6. The Balaban J connectivity index is 1.51. The lowest BCUT2D eigenvalue weighted by atomic mass is 9.96. The maximum atomic E-state index is 14.1. The first-order valence-corrected chi connectivity index (χ1v) is 13.8. The minimum absolute atomic E-state index is 0.0107. The Labute approximate surface area is 237 Å². The number of hydrogen-bond acceptors (Lipinski definition) is 5. The number of pyridine rings is 1. The molecule has 1 fully saturated rings. The van der Waals surface area contributed by atoms with E-state index in [1.165, 1.54) is 12.1 Å². The molecule has 0 radical (unpaired) electrons. The first-order valence-electron chi connectivity index (χ1n) is 13.8. The van der Waals surface area contributed by atoms with Crippen molar-refractivity contribution in [1.82, 2.24) is 14.5 Å². The van der Waals surface area contributed by atoms with Crippen molar-refractivity contribution in [3.05, 3.63) is 95.1 Å². The van der Waals surface area contributed by atoms with Crippen LogP contribution < -0.4 is 9.47 Å². The van der Waals surface area contributed by atoms with Crippen LogP contribution in [0.4, 0.5) is 4.39 Å². The van der Waals surface area contributed by atoms with Crippen LogP contribution >= 0.6 is 0 Å². The summed E-state index contributed by atoms with van der Waals surface area (Å²) in [4.78, 5) is 20.8. The van der Waals surface area contributed by atoms with Crippen molar-refractivity contribution in [1.29, 1.82) is 0 Å². The molecule has 0 bridgehead atoms. The van der Waals surface area contributed by atoms with Crippen LogP contribution in [0.15, 0.2) is 67.0 Å². The number of benzene rings is 3. The molecule has 41 heavy (non-hydrogen) atoms. The predicted octanol–water partition coefficient (Wildman–Crippen LogP) is 6.38. The smallest absolute Gasteiger partial charge is 0.255 e. The molecule has 3 heterocycles. The topological polar surface area (TPSA) is 76.8 Å². The third-order valence-electron chi connectivity index (χ3n) is 7.80. The van der Waals surface area contributed by atoms with E-state index >= 15 is 0 Å². The van der Waals surface area contributed by atoms with Crippen LogP contribution in [0, 0.1) is 5.82 Å². The van der Waals surface area contributed by atoms with Crippen LogP contribution in [-0.4, -0.2) is 45.7 Å². The highest BCUT2D eigenvalue weighted by molar-refractivity contribution is 6.21. The number of carbonyl (C=O) groups excluding carboxylic acids is 1. The summed E-state index contributed by atoms with van der Waals surface area (Å²) in [6, 6.07) is 15.9. The predicted molar refractivity (Wildman–Crippen MR) is 156 cm³/mol. The monoisotopic (exact) mass is 553 g/mol. The molecule has 0 saturated carbocycles. The van der Waals surface area contributed by atoms with Crippen LogP contribution in [0.5, 0.6) is 17.4 Å². The summed E-state index contributed by atoms with van der Waals surface area (Å²) in [7, 11) is 3.37. The van der Waals surface area contributed by atoms with Gasteiger partial charge in [0.15, 0.2) is 5.75 Å². The van der Waals surface area contributed by atoms with Gasteiger partial charge in [0.05, 0.1) is 18.1 Å². The van der Waals surface area contributed by atoms with E-state index in [-0.39, 0.29) is 24.2 Å². The highest BCUT2D eigenvalue weighted by Crippen LogP contribution is 2.44. The summed E-state index contributed by atoms with van der Waals surface area (Å²) in [6.07, 6.45) is 7.10. The molecule has 5 aromatic rings. The highest BCUT2D eigenvalue weighted by atomic mass is 19.1. The maximum absolute atomic E-state index is 14.1. The van der Waals surface area contributed by atoms with Crippen molar-refractivity contribution in [2.24, 2.45) is 7.05 Å². The van der Waals surface area contributed by atoms with Gasteiger partial charge in [-0.1, -0.05) is 24.3 Å². The lowest BCUT2D eigenvalue weighted by molar-refractivity contribution is 0.0728. The molecule has 0 aliphatic carbocycles. The third kappa shape index (κ3) is 5.17. The SMILES string of the molecule is COc1ccc(COc2c3ncc(Cc4ccc(F)cc4)cc3c(C(=O)N3CCCCC3)c3cn(C)c(O)c23)cc1. The van der Waals surface area contributed by atoms with E-state index in [1.807, 2.05) is 35.2 Å². The number of halogens is 1. The number of methoxy groups -OCH3 is 1. The Morgan fingerprint density at radius 1 is 0.976 bits per heavy atom. The molecule has 1 N–H and O–H groups in total. The van der Waals surface area contributed by atoms with Gasteiger partial charge in [0, 0.05) is 43.3 Å². The number of aromatic hydroxyl groups is 1. The third-order valence-corrected chi connectivity index (χ3v) is 7.80. The number of nitrogens with zero attached hydrogens (tertiary/aromatic N) is 3. The minimum atomic E-state index is -0.287. The standard InChI is InChI=1S/C33H32FN3O4/c1-36-19-27-28(33(39)37-14-4-3-5-15-37)26-17-23(16-21-6-10-24(34)11-7-21)18-35-30(26)31(29(27)32(36)38)41-20-22-8-12-25(40-2)13-9-22/h6-13,17-19,38H,3-5,14-16,20H2,1-2H3. The van der Waals surface area contributed by atoms with E-state index in [4.69, 9.17) is 14.5 Å². The number of amides is 1. The fourth-order valence-corrected chi connectivity index (χ4v) is 5.61. The summed E-state index contributed by atoms with van der Waals surface area (Å²) < 4.78 is 26.8. The van der Waals surface area contributed by atoms with Crippen LogP contribution in [0.2, 0.25) is 0 Å². The summed E-state index contributed by atoms with van der Waals surface area (Å²) in [5.74, 6) is 0.819. The molecule has 210 valence electrons. The molecule has 1 aliphatic heterocycles. The van der Waals surface area contributed by atoms with Crippen LogP contribution in [0.25, 0.3) is 21.7 Å². The number of piperidine rings is 1. The second-order valence-electron chi connectivity index (χ2n) is 10.6. The zero-order valence-corrected chi connectivity index (χ0v) is 23.2. The molecule has 1 saturated heterocycles. The van der Waals surface area contributed by atoms with Gasteiger partial charge in [-0.15, -0.1) is 0 Å². The molecular formula is C33H32FN3O4. The highest BCUT2D eigenvalue weighted by Gasteiger charge is 2.28. The molecule has 1 aliphatic rings. The van der Waals surface area contributed by atoms with Gasteiger partial charge in [-0.3, -0.25) is 9.78 Å². The number of aromatic nitrogens is 2. The molecule has 0 atom stereocenters. The average molecular weight is 554 g/mol. The van der Waals surface area contributed by atoms with E-state index in [2.05, 4.69) is 0 Å². The molecule has 7 nitrogen and oxygen atoms in total. The van der Waals surface area contributed by atoms with Gasteiger partial charge in [0.2, 0.25) is 5.88 Å². The Kier molecular flexibility index (Phi) is 7.22. The van der Waals surface area contributed by atoms with E-state index < -0.39 is 0 Å². The Bertz CT molecular complexity index is 1720.